The molecule has 0 atom stereocenters. The first-order chi connectivity index (χ1) is 5.81. The van der Waals surface area contributed by atoms with Crippen molar-refractivity contribution in [2.24, 2.45) is 5.84 Å². The van der Waals surface area contributed by atoms with Crippen LogP contribution in [0.1, 0.15) is 5.56 Å². The molecule has 4 heteroatoms. The van der Waals surface area contributed by atoms with E-state index in [-0.39, 0.29) is 0 Å². The second kappa shape index (κ2) is 3.60. The summed E-state index contributed by atoms with van der Waals surface area (Å²) in [6.07, 6.45) is 0. The maximum atomic E-state index is 8.67. The van der Waals surface area contributed by atoms with Crippen LogP contribution in [0, 0.1) is 11.3 Å². The van der Waals surface area contributed by atoms with Crippen LogP contribution in [-0.2, 0) is 0 Å². The number of nitrogen functional groups attached to an aromatic ring is 1. The van der Waals surface area contributed by atoms with Crippen molar-refractivity contribution in [3.63, 3.8) is 0 Å². The Morgan fingerprint density at radius 2 is 2.25 bits per heavy atom. The minimum atomic E-state index is 0.608. The third-order valence-electron chi connectivity index (χ3n) is 1.58. The van der Waals surface area contributed by atoms with Crippen molar-refractivity contribution in [2.45, 2.75) is 0 Å². The Labute approximate surface area is 71.0 Å². The van der Waals surface area contributed by atoms with Gasteiger partial charge in [0.1, 0.15) is 6.07 Å². The van der Waals surface area contributed by atoms with Gasteiger partial charge in [0.25, 0.3) is 0 Å². The number of hydrogen-bond acceptors (Lipinski definition) is 4. The van der Waals surface area contributed by atoms with E-state index in [2.05, 4.69) is 16.8 Å². The van der Waals surface area contributed by atoms with Crippen molar-refractivity contribution in [1.82, 2.24) is 0 Å². The first-order valence-electron chi connectivity index (χ1n) is 3.50. The lowest BCUT2D eigenvalue weighted by Crippen LogP contribution is -2.07. The first-order valence-corrected chi connectivity index (χ1v) is 3.50. The van der Waals surface area contributed by atoms with E-state index in [1.165, 1.54) is 0 Å². The normalized spacial score (nSPS) is 8.75. The molecule has 0 aliphatic carbocycles. The molecule has 4 nitrogen and oxygen atoms in total. The third-order valence-corrected chi connectivity index (χ3v) is 1.58. The topological polar surface area (TPSA) is 73.9 Å². The van der Waals surface area contributed by atoms with Gasteiger partial charge in [0.15, 0.2) is 0 Å². The maximum Gasteiger partial charge on any atom is 0.101 e. The molecule has 0 heterocycles. The van der Waals surface area contributed by atoms with Gasteiger partial charge in [-0.15, -0.1) is 0 Å². The monoisotopic (exact) mass is 162 g/mol. The molecule has 0 saturated carbocycles. The van der Waals surface area contributed by atoms with Gasteiger partial charge in [-0.2, -0.15) is 5.26 Å². The third kappa shape index (κ3) is 1.47. The summed E-state index contributed by atoms with van der Waals surface area (Å²) in [6.45, 7) is 0. The van der Waals surface area contributed by atoms with Gasteiger partial charge in [-0.05, 0) is 18.2 Å². The summed E-state index contributed by atoms with van der Waals surface area (Å²) in [7, 11) is 1.76. The quantitative estimate of drug-likeness (QED) is 0.446. The van der Waals surface area contributed by atoms with E-state index in [1.54, 1.807) is 25.2 Å². The summed E-state index contributed by atoms with van der Waals surface area (Å²) >= 11 is 0. The van der Waals surface area contributed by atoms with Gasteiger partial charge in [-0.25, -0.2) is 0 Å². The molecular formula is C8H10N4. The minimum Gasteiger partial charge on any atom is -0.387 e. The lowest BCUT2D eigenvalue weighted by atomic mass is 10.2. The average molecular weight is 162 g/mol. The number of nitrogens with zero attached hydrogens (tertiary/aromatic N) is 1. The molecule has 62 valence electrons. The Morgan fingerprint density at radius 3 is 2.75 bits per heavy atom. The molecule has 0 saturated heterocycles. The predicted molar refractivity (Wildman–Crippen MR) is 48.5 cm³/mol. The maximum absolute atomic E-state index is 8.67. The van der Waals surface area contributed by atoms with E-state index in [1.807, 2.05) is 0 Å². The first kappa shape index (κ1) is 8.37. The van der Waals surface area contributed by atoms with Crippen molar-refractivity contribution in [3.05, 3.63) is 23.8 Å². The zero-order valence-electron chi connectivity index (χ0n) is 6.76. The molecule has 0 amide bonds. The van der Waals surface area contributed by atoms with E-state index in [0.717, 1.165) is 11.4 Å². The molecular weight excluding hydrogens is 152 g/mol. The Hall–Kier alpha value is -1.73. The molecule has 0 bridgehead atoms. The molecule has 0 aromatic heterocycles. The highest BCUT2D eigenvalue weighted by Gasteiger charge is 1.99. The second-order valence-electron chi connectivity index (χ2n) is 2.27. The number of anilines is 2. The Bertz CT molecular complexity index is 313. The zero-order chi connectivity index (χ0) is 8.97. The summed E-state index contributed by atoms with van der Waals surface area (Å²) < 4.78 is 0. The van der Waals surface area contributed by atoms with Crippen LogP contribution in [0.15, 0.2) is 18.2 Å². The molecule has 1 aromatic carbocycles. The zero-order valence-corrected chi connectivity index (χ0v) is 6.76. The van der Waals surface area contributed by atoms with E-state index >= 15 is 0 Å². The summed E-state index contributed by atoms with van der Waals surface area (Å²) in [5.41, 5.74) is 4.66. The van der Waals surface area contributed by atoms with Crippen molar-refractivity contribution in [3.8, 4) is 6.07 Å². The molecule has 12 heavy (non-hydrogen) atoms. The largest absolute Gasteiger partial charge is 0.387 e. The summed E-state index contributed by atoms with van der Waals surface area (Å²) in [6, 6.07) is 7.30. The van der Waals surface area contributed by atoms with Gasteiger partial charge in [0.2, 0.25) is 0 Å². The van der Waals surface area contributed by atoms with Crippen LogP contribution in [0.5, 0.6) is 0 Å². The van der Waals surface area contributed by atoms with Gasteiger partial charge in [-0.3, -0.25) is 5.84 Å². The van der Waals surface area contributed by atoms with Gasteiger partial charge >= 0.3 is 0 Å². The highest BCUT2D eigenvalue weighted by Crippen LogP contribution is 2.18. The van der Waals surface area contributed by atoms with E-state index in [9.17, 15) is 0 Å². The average Bonchev–Trinajstić information content (AvgIpc) is 2.16. The van der Waals surface area contributed by atoms with Gasteiger partial charge < -0.3 is 10.7 Å². The predicted octanol–water partition coefficient (Wildman–Crippen LogP) is 0.886. The number of nitrogens with one attached hydrogen (secondary N) is 2. The van der Waals surface area contributed by atoms with Crippen LogP contribution in [0.2, 0.25) is 0 Å². The van der Waals surface area contributed by atoms with Crippen molar-refractivity contribution in [1.29, 1.82) is 5.26 Å². The Kier molecular flexibility index (Phi) is 2.51. The molecule has 1 rings (SSSR count). The van der Waals surface area contributed by atoms with Crippen molar-refractivity contribution < 1.29 is 0 Å². The second-order valence-corrected chi connectivity index (χ2v) is 2.27. The minimum absolute atomic E-state index is 0.608. The number of nitrogens with two attached hydrogens (primary N) is 1. The highest BCUT2D eigenvalue weighted by molar-refractivity contribution is 5.64. The van der Waals surface area contributed by atoms with Crippen molar-refractivity contribution in [2.75, 3.05) is 17.8 Å². The molecule has 1 aromatic rings. The van der Waals surface area contributed by atoms with Crippen LogP contribution >= 0.6 is 0 Å². The number of hydrazine groups is 1. The number of benzene rings is 1. The smallest absolute Gasteiger partial charge is 0.101 e. The van der Waals surface area contributed by atoms with Crippen LogP contribution < -0.4 is 16.6 Å². The molecule has 4 N–H and O–H groups in total. The number of hydrogen-bond donors (Lipinski definition) is 3. The molecule has 0 unspecified atom stereocenters. The van der Waals surface area contributed by atoms with E-state index in [4.69, 9.17) is 11.1 Å². The van der Waals surface area contributed by atoms with Gasteiger partial charge in [-0.1, -0.05) is 0 Å². The van der Waals surface area contributed by atoms with Crippen LogP contribution in [0.25, 0.3) is 0 Å². The lowest BCUT2D eigenvalue weighted by molar-refractivity contribution is 1.34. The molecule has 0 fully saturated rings. The number of nitriles is 1. The fourth-order valence-corrected chi connectivity index (χ4v) is 0.938. The van der Waals surface area contributed by atoms with E-state index in [0.29, 0.717) is 5.56 Å². The Balaban J connectivity index is 3.13. The number of rotatable bonds is 2. The molecule has 0 spiro atoms. The standard InChI is InChI=1S/C8H10N4/c1-11-8-4-7(12-10)3-2-6(8)5-9/h2-4,11-12H,10H2,1H3. The summed E-state index contributed by atoms with van der Waals surface area (Å²) in [5.74, 6) is 5.20. The van der Waals surface area contributed by atoms with E-state index < -0.39 is 0 Å². The van der Waals surface area contributed by atoms with Crippen LogP contribution in [-0.4, -0.2) is 7.05 Å². The Morgan fingerprint density at radius 1 is 1.50 bits per heavy atom. The molecule has 0 aliphatic rings. The summed E-state index contributed by atoms with van der Waals surface area (Å²) in [4.78, 5) is 0. The fraction of sp³-hybridized carbons (Fsp3) is 0.125. The molecule has 0 radical (unpaired) electrons. The van der Waals surface area contributed by atoms with Gasteiger partial charge in [0.05, 0.1) is 16.9 Å². The SMILES string of the molecule is CNc1cc(NN)ccc1C#N. The van der Waals surface area contributed by atoms with Crippen molar-refractivity contribution >= 4 is 11.4 Å². The molecule has 0 aliphatic heterocycles. The van der Waals surface area contributed by atoms with Gasteiger partial charge in [0, 0.05) is 7.05 Å². The fourth-order valence-electron chi connectivity index (χ4n) is 0.938. The summed E-state index contributed by atoms with van der Waals surface area (Å²) in [5, 5.41) is 11.6. The lowest BCUT2D eigenvalue weighted by Gasteiger charge is -2.05. The highest BCUT2D eigenvalue weighted by atomic mass is 15.2. The van der Waals surface area contributed by atoms with Crippen LogP contribution in [0.3, 0.4) is 0 Å². The van der Waals surface area contributed by atoms with Crippen LogP contribution in [0.4, 0.5) is 11.4 Å².